The van der Waals surface area contributed by atoms with Crippen LogP contribution >= 0.6 is 11.3 Å². The summed E-state index contributed by atoms with van der Waals surface area (Å²) in [5.74, 6) is 0.0691. The van der Waals surface area contributed by atoms with Gasteiger partial charge in [0.1, 0.15) is 11.4 Å². The molecule has 0 saturated carbocycles. The quantitative estimate of drug-likeness (QED) is 0.698. The van der Waals surface area contributed by atoms with E-state index in [9.17, 15) is 9.59 Å². The first-order valence-electron chi connectivity index (χ1n) is 8.29. The van der Waals surface area contributed by atoms with Gasteiger partial charge in [0.05, 0.1) is 12.8 Å². The average Bonchev–Trinajstić information content (AvgIpc) is 3.26. The SMILES string of the molecule is Cn1cc(NC(=O)c2csc(NCCO)n2)c(N2CCC(C)(C)C2=O)n1. The lowest BCUT2D eigenvalue weighted by molar-refractivity contribution is -0.124. The zero-order valence-corrected chi connectivity index (χ0v) is 15.8. The summed E-state index contributed by atoms with van der Waals surface area (Å²) in [5.41, 5.74) is 0.306. The Kier molecular flexibility index (Phi) is 4.97. The highest BCUT2D eigenvalue weighted by Gasteiger charge is 2.41. The van der Waals surface area contributed by atoms with Gasteiger partial charge in [-0.25, -0.2) is 4.98 Å². The van der Waals surface area contributed by atoms with E-state index in [1.165, 1.54) is 11.3 Å². The van der Waals surface area contributed by atoms with Crippen molar-refractivity contribution < 1.29 is 14.7 Å². The molecule has 3 rings (SSSR count). The Hall–Kier alpha value is -2.46. The Morgan fingerprint density at radius 2 is 2.23 bits per heavy atom. The second kappa shape index (κ2) is 7.04. The number of aliphatic hydroxyl groups is 1. The Morgan fingerprint density at radius 3 is 2.88 bits per heavy atom. The van der Waals surface area contributed by atoms with E-state index in [2.05, 4.69) is 20.7 Å². The summed E-state index contributed by atoms with van der Waals surface area (Å²) in [4.78, 5) is 30.9. The van der Waals surface area contributed by atoms with Crippen LogP contribution in [-0.4, -0.2) is 51.4 Å². The number of hydrogen-bond acceptors (Lipinski definition) is 7. The van der Waals surface area contributed by atoms with Gasteiger partial charge in [0.25, 0.3) is 5.91 Å². The van der Waals surface area contributed by atoms with Crippen molar-refractivity contribution >= 4 is 39.8 Å². The molecule has 0 aliphatic carbocycles. The van der Waals surface area contributed by atoms with Gasteiger partial charge < -0.3 is 15.7 Å². The molecule has 0 radical (unpaired) electrons. The number of thiazole rings is 1. The van der Waals surface area contributed by atoms with Crippen LogP contribution < -0.4 is 15.5 Å². The van der Waals surface area contributed by atoms with E-state index < -0.39 is 5.41 Å². The first-order chi connectivity index (χ1) is 12.3. The Labute approximate surface area is 155 Å². The second-order valence-corrected chi connectivity index (χ2v) is 7.63. The Bertz CT molecular complexity index is 828. The molecule has 1 saturated heterocycles. The number of anilines is 3. The fourth-order valence-corrected chi connectivity index (χ4v) is 3.46. The Morgan fingerprint density at radius 1 is 1.46 bits per heavy atom. The normalized spacial score (nSPS) is 16.2. The minimum atomic E-state index is -0.430. The largest absolute Gasteiger partial charge is 0.395 e. The van der Waals surface area contributed by atoms with E-state index in [0.29, 0.717) is 29.7 Å². The average molecular weight is 378 g/mol. The van der Waals surface area contributed by atoms with E-state index in [1.54, 1.807) is 28.2 Å². The van der Waals surface area contributed by atoms with Crippen molar-refractivity contribution in [2.24, 2.45) is 12.5 Å². The topological polar surface area (TPSA) is 112 Å². The van der Waals surface area contributed by atoms with Gasteiger partial charge in [-0.2, -0.15) is 5.10 Å². The van der Waals surface area contributed by atoms with Gasteiger partial charge in [-0.15, -0.1) is 11.3 Å². The monoisotopic (exact) mass is 378 g/mol. The highest BCUT2D eigenvalue weighted by Crippen LogP contribution is 2.36. The van der Waals surface area contributed by atoms with Gasteiger partial charge in [0.15, 0.2) is 10.9 Å². The molecule has 3 N–H and O–H groups in total. The van der Waals surface area contributed by atoms with Crippen LogP contribution in [0.4, 0.5) is 16.6 Å². The molecule has 1 aliphatic heterocycles. The number of nitrogens with zero attached hydrogens (tertiary/aromatic N) is 4. The fraction of sp³-hybridized carbons (Fsp3) is 0.500. The fourth-order valence-electron chi connectivity index (χ4n) is 2.74. The predicted octanol–water partition coefficient (Wildman–Crippen LogP) is 1.30. The van der Waals surface area contributed by atoms with E-state index in [0.717, 1.165) is 6.42 Å². The number of aromatic nitrogens is 3. The highest BCUT2D eigenvalue weighted by atomic mass is 32.1. The molecule has 0 unspecified atom stereocenters. The van der Waals surface area contributed by atoms with Gasteiger partial charge in [-0.1, -0.05) is 13.8 Å². The number of rotatable bonds is 6. The molecule has 2 aromatic rings. The van der Waals surface area contributed by atoms with Crippen LogP contribution in [0.15, 0.2) is 11.6 Å². The number of carbonyl (C=O) groups is 2. The van der Waals surface area contributed by atoms with Crippen molar-refractivity contribution in [3.05, 3.63) is 17.3 Å². The molecule has 140 valence electrons. The lowest BCUT2D eigenvalue weighted by Crippen LogP contribution is -2.32. The van der Waals surface area contributed by atoms with Gasteiger partial charge in [0.2, 0.25) is 5.91 Å². The van der Waals surface area contributed by atoms with E-state index in [4.69, 9.17) is 5.11 Å². The maximum absolute atomic E-state index is 12.6. The molecule has 1 aliphatic rings. The summed E-state index contributed by atoms with van der Waals surface area (Å²) >= 11 is 1.28. The summed E-state index contributed by atoms with van der Waals surface area (Å²) in [6, 6.07) is 0. The molecule has 10 heteroatoms. The summed E-state index contributed by atoms with van der Waals surface area (Å²) in [7, 11) is 1.74. The predicted molar refractivity (Wildman–Crippen MR) is 99.6 cm³/mol. The van der Waals surface area contributed by atoms with Crippen LogP contribution in [0.25, 0.3) is 0 Å². The highest BCUT2D eigenvalue weighted by molar-refractivity contribution is 7.13. The number of hydrogen-bond donors (Lipinski definition) is 3. The zero-order chi connectivity index (χ0) is 18.9. The molecule has 2 aromatic heterocycles. The standard InChI is InChI=1S/C16H22N6O3S/c1-16(2)4-6-22(14(16)25)12-10(8-21(3)20-12)18-13(24)11-9-26-15(19-11)17-5-7-23/h8-9,23H,4-7H2,1-3H3,(H,17,19)(H,18,24). The third-order valence-electron chi connectivity index (χ3n) is 4.22. The second-order valence-electron chi connectivity index (χ2n) is 6.77. The minimum Gasteiger partial charge on any atom is -0.395 e. The van der Waals surface area contributed by atoms with Gasteiger partial charge >= 0.3 is 0 Å². The lowest BCUT2D eigenvalue weighted by atomic mass is 9.92. The summed E-state index contributed by atoms with van der Waals surface area (Å²) < 4.78 is 1.57. The van der Waals surface area contributed by atoms with Crippen LogP contribution in [0.3, 0.4) is 0 Å². The first-order valence-corrected chi connectivity index (χ1v) is 9.17. The van der Waals surface area contributed by atoms with Crippen LogP contribution in [0.5, 0.6) is 0 Å². The number of nitrogens with one attached hydrogen (secondary N) is 2. The first kappa shape index (κ1) is 18.3. The number of aryl methyl sites for hydroxylation is 1. The number of amides is 2. The molecule has 0 bridgehead atoms. The molecule has 9 nitrogen and oxygen atoms in total. The maximum Gasteiger partial charge on any atom is 0.275 e. The van der Waals surface area contributed by atoms with E-state index in [-0.39, 0.29) is 24.1 Å². The third-order valence-corrected chi connectivity index (χ3v) is 5.02. The minimum absolute atomic E-state index is 0.00385. The van der Waals surface area contributed by atoms with Crippen molar-refractivity contribution in [2.75, 3.05) is 35.2 Å². The lowest BCUT2D eigenvalue weighted by Gasteiger charge is -2.18. The van der Waals surface area contributed by atoms with Gasteiger partial charge in [0, 0.05) is 30.9 Å². The van der Waals surface area contributed by atoms with Crippen molar-refractivity contribution in [1.29, 1.82) is 0 Å². The van der Waals surface area contributed by atoms with Crippen LogP contribution in [0.1, 0.15) is 30.8 Å². The van der Waals surface area contributed by atoms with Crippen molar-refractivity contribution in [1.82, 2.24) is 14.8 Å². The molecule has 3 heterocycles. The van der Waals surface area contributed by atoms with Crippen LogP contribution in [0.2, 0.25) is 0 Å². The summed E-state index contributed by atoms with van der Waals surface area (Å²) in [6.45, 7) is 4.74. The van der Waals surface area contributed by atoms with Crippen LogP contribution in [-0.2, 0) is 11.8 Å². The molecule has 0 spiro atoms. The molecule has 2 amide bonds. The molecular weight excluding hydrogens is 356 g/mol. The third kappa shape index (κ3) is 3.56. The zero-order valence-electron chi connectivity index (χ0n) is 14.9. The smallest absolute Gasteiger partial charge is 0.275 e. The van der Waals surface area contributed by atoms with Crippen molar-refractivity contribution in [3.8, 4) is 0 Å². The van der Waals surface area contributed by atoms with Crippen molar-refractivity contribution in [2.45, 2.75) is 20.3 Å². The number of aliphatic hydroxyl groups excluding tert-OH is 1. The maximum atomic E-state index is 12.6. The van der Waals surface area contributed by atoms with Crippen LogP contribution in [0, 0.1) is 5.41 Å². The molecule has 0 aromatic carbocycles. The van der Waals surface area contributed by atoms with E-state index >= 15 is 0 Å². The molecule has 1 fully saturated rings. The van der Waals surface area contributed by atoms with Crippen molar-refractivity contribution in [3.63, 3.8) is 0 Å². The number of carbonyl (C=O) groups excluding carboxylic acids is 2. The Balaban J connectivity index is 1.77. The molecule has 26 heavy (non-hydrogen) atoms. The molecular formula is C16H22N6O3S. The molecule has 0 atom stereocenters. The summed E-state index contributed by atoms with van der Waals surface area (Å²) in [6.07, 6.45) is 2.41. The van der Waals surface area contributed by atoms with Gasteiger partial charge in [-0.05, 0) is 6.42 Å². The summed E-state index contributed by atoms with van der Waals surface area (Å²) in [5, 5.41) is 21.1. The van der Waals surface area contributed by atoms with E-state index in [1.807, 2.05) is 13.8 Å². The van der Waals surface area contributed by atoms with Gasteiger partial charge in [-0.3, -0.25) is 19.2 Å².